The van der Waals surface area contributed by atoms with Crippen LogP contribution in [0.3, 0.4) is 0 Å². The summed E-state index contributed by atoms with van der Waals surface area (Å²) in [6, 6.07) is 9.90. The number of nitrogens with zero attached hydrogens (tertiary/aromatic N) is 5. The average Bonchev–Trinajstić information content (AvgIpc) is 3.38. The zero-order valence-corrected chi connectivity index (χ0v) is 19.3. The van der Waals surface area contributed by atoms with Gasteiger partial charge in [0.05, 0.1) is 21.8 Å². The Morgan fingerprint density at radius 1 is 1.23 bits per heavy atom. The molecule has 1 aliphatic rings. The summed E-state index contributed by atoms with van der Waals surface area (Å²) >= 11 is 3.52. The minimum Gasteiger partial charge on any atom is -0.256 e. The van der Waals surface area contributed by atoms with Gasteiger partial charge in [0, 0.05) is 24.2 Å². The van der Waals surface area contributed by atoms with Gasteiger partial charge < -0.3 is 0 Å². The number of nitrogens with one attached hydrogen (secondary N) is 1. The lowest BCUT2D eigenvalue weighted by Crippen LogP contribution is -2.30. The normalized spacial score (nSPS) is 19.4. The molecule has 5 rings (SSSR count). The van der Waals surface area contributed by atoms with E-state index >= 15 is 0 Å². The Kier molecular flexibility index (Phi) is 5.23. The van der Waals surface area contributed by atoms with Crippen molar-refractivity contribution >= 4 is 47.9 Å². The molecule has 4 aromatic rings. The van der Waals surface area contributed by atoms with Gasteiger partial charge in [-0.2, -0.15) is 5.10 Å². The fraction of sp³-hybridized carbons (Fsp3) is 0.333. The van der Waals surface area contributed by atoms with Crippen LogP contribution in [0.15, 0.2) is 47.3 Å². The van der Waals surface area contributed by atoms with Crippen LogP contribution in [0.5, 0.6) is 0 Å². The van der Waals surface area contributed by atoms with E-state index in [0.717, 1.165) is 34.0 Å². The average molecular weight is 501 g/mol. The van der Waals surface area contributed by atoms with E-state index in [0.29, 0.717) is 29.7 Å². The standard InChI is InChI=1S/C21H21BrN6O2S/c1-23-31(29,30)16-6-4-13(9-16)10-19-25-12-17-20(22)27-28(21(17)26-19)15-5-7-18-14(11-15)3-2-8-24-18/h2-3,5,7-8,11-13,16,23H,4,6,9-10H2,1H3/t13-,16+/m1/s1. The lowest BCUT2D eigenvalue weighted by Gasteiger charge is -2.11. The molecule has 1 saturated carbocycles. The molecule has 2 atom stereocenters. The van der Waals surface area contributed by atoms with Crippen molar-refractivity contribution in [3.8, 4) is 5.69 Å². The van der Waals surface area contributed by atoms with Gasteiger partial charge in [-0.1, -0.05) is 6.07 Å². The third kappa shape index (κ3) is 3.83. The van der Waals surface area contributed by atoms with Gasteiger partial charge >= 0.3 is 0 Å². The molecule has 1 fully saturated rings. The van der Waals surface area contributed by atoms with E-state index in [9.17, 15) is 8.42 Å². The summed E-state index contributed by atoms with van der Waals surface area (Å²) in [5, 5.41) is 6.14. The van der Waals surface area contributed by atoms with E-state index in [1.807, 2.05) is 30.3 Å². The summed E-state index contributed by atoms with van der Waals surface area (Å²) in [4.78, 5) is 13.7. The van der Waals surface area contributed by atoms with Crippen molar-refractivity contribution in [3.63, 3.8) is 0 Å². The zero-order chi connectivity index (χ0) is 21.6. The van der Waals surface area contributed by atoms with E-state index in [1.54, 1.807) is 17.1 Å². The van der Waals surface area contributed by atoms with Crippen LogP contribution in [0.1, 0.15) is 25.1 Å². The van der Waals surface area contributed by atoms with Gasteiger partial charge in [0.2, 0.25) is 10.0 Å². The fourth-order valence-electron chi connectivity index (χ4n) is 4.30. The number of fused-ring (bicyclic) bond motifs is 2. The summed E-state index contributed by atoms with van der Waals surface area (Å²) in [6.07, 6.45) is 6.36. The maximum atomic E-state index is 12.1. The van der Waals surface area contributed by atoms with Crippen molar-refractivity contribution in [2.24, 2.45) is 5.92 Å². The quantitative estimate of drug-likeness (QED) is 0.450. The van der Waals surface area contributed by atoms with Gasteiger partial charge in [-0.15, -0.1) is 0 Å². The second-order valence-corrected chi connectivity index (χ2v) is 10.8. The molecule has 3 aromatic heterocycles. The van der Waals surface area contributed by atoms with Crippen molar-refractivity contribution in [1.29, 1.82) is 0 Å². The van der Waals surface area contributed by atoms with E-state index < -0.39 is 10.0 Å². The molecule has 1 aromatic carbocycles. The van der Waals surface area contributed by atoms with Gasteiger partial charge in [-0.25, -0.2) is 27.8 Å². The smallest absolute Gasteiger partial charge is 0.214 e. The largest absolute Gasteiger partial charge is 0.256 e. The molecule has 1 aliphatic carbocycles. The highest BCUT2D eigenvalue weighted by Crippen LogP contribution is 2.32. The third-order valence-electron chi connectivity index (χ3n) is 5.95. The summed E-state index contributed by atoms with van der Waals surface area (Å²) in [6.45, 7) is 0. The van der Waals surface area contributed by atoms with E-state index in [1.165, 1.54) is 7.05 Å². The Labute approximate surface area is 188 Å². The SMILES string of the molecule is CNS(=O)(=O)[C@H]1CC[C@@H](Cc2ncc3c(Br)nn(-c4ccc5ncccc5c4)c3n2)C1. The topological polar surface area (TPSA) is 103 Å². The second kappa shape index (κ2) is 7.92. The van der Waals surface area contributed by atoms with Crippen LogP contribution in [0.25, 0.3) is 27.6 Å². The Bertz CT molecular complexity index is 1390. The van der Waals surface area contributed by atoms with Gasteiger partial charge in [-0.3, -0.25) is 4.98 Å². The summed E-state index contributed by atoms with van der Waals surface area (Å²) in [5.74, 6) is 0.952. The third-order valence-corrected chi connectivity index (χ3v) is 8.41. The van der Waals surface area contributed by atoms with Gasteiger partial charge in [0.1, 0.15) is 10.4 Å². The number of hydrogen-bond acceptors (Lipinski definition) is 6. The first kappa shape index (κ1) is 20.5. The molecule has 0 spiro atoms. The number of benzene rings is 1. The molecule has 0 bridgehead atoms. The maximum Gasteiger partial charge on any atom is 0.214 e. The van der Waals surface area contributed by atoms with E-state index in [-0.39, 0.29) is 11.2 Å². The second-order valence-electron chi connectivity index (χ2n) is 7.86. The van der Waals surface area contributed by atoms with Crippen LogP contribution in [-0.2, 0) is 16.4 Å². The van der Waals surface area contributed by atoms with E-state index in [2.05, 4.69) is 35.7 Å². The molecular weight excluding hydrogens is 480 g/mol. The predicted molar refractivity (Wildman–Crippen MR) is 122 cm³/mol. The number of halogens is 1. The number of sulfonamides is 1. The number of pyridine rings is 1. The Morgan fingerprint density at radius 2 is 2.10 bits per heavy atom. The first-order valence-electron chi connectivity index (χ1n) is 10.1. The Hall–Kier alpha value is -2.43. The molecule has 0 radical (unpaired) electrons. The van der Waals surface area contributed by atoms with Crippen molar-refractivity contribution in [1.82, 2.24) is 29.5 Å². The van der Waals surface area contributed by atoms with Crippen LogP contribution in [0, 0.1) is 5.92 Å². The van der Waals surface area contributed by atoms with Gasteiger partial charge in [-0.05, 0) is 72.4 Å². The summed E-state index contributed by atoms with van der Waals surface area (Å²) in [5.41, 5.74) is 2.53. The first-order valence-corrected chi connectivity index (χ1v) is 12.5. The minimum atomic E-state index is -3.23. The minimum absolute atomic E-state index is 0.247. The highest BCUT2D eigenvalue weighted by atomic mass is 79.9. The van der Waals surface area contributed by atoms with E-state index in [4.69, 9.17) is 4.98 Å². The Balaban J connectivity index is 1.47. The number of hydrogen-bond donors (Lipinski definition) is 1. The lowest BCUT2D eigenvalue weighted by atomic mass is 10.0. The van der Waals surface area contributed by atoms with Crippen molar-refractivity contribution in [2.75, 3.05) is 7.05 Å². The highest BCUT2D eigenvalue weighted by Gasteiger charge is 2.33. The van der Waals surface area contributed by atoms with Crippen LogP contribution in [-0.4, -0.2) is 45.4 Å². The van der Waals surface area contributed by atoms with Crippen molar-refractivity contribution < 1.29 is 8.42 Å². The Morgan fingerprint density at radius 3 is 2.94 bits per heavy atom. The predicted octanol–water partition coefficient (Wildman–Crippen LogP) is 3.39. The molecule has 1 N–H and O–H groups in total. The first-order chi connectivity index (χ1) is 14.9. The van der Waals surface area contributed by atoms with Crippen LogP contribution < -0.4 is 4.72 Å². The molecule has 31 heavy (non-hydrogen) atoms. The highest BCUT2D eigenvalue weighted by molar-refractivity contribution is 9.10. The molecule has 0 saturated heterocycles. The van der Waals surface area contributed by atoms with Gasteiger partial charge in [0.25, 0.3) is 0 Å². The maximum absolute atomic E-state index is 12.1. The molecule has 3 heterocycles. The molecule has 8 nitrogen and oxygen atoms in total. The van der Waals surface area contributed by atoms with Crippen LogP contribution in [0.4, 0.5) is 0 Å². The zero-order valence-electron chi connectivity index (χ0n) is 16.9. The number of rotatable bonds is 5. The van der Waals surface area contributed by atoms with Crippen LogP contribution >= 0.6 is 15.9 Å². The molecule has 0 aliphatic heterocycles. The number of aromatic nitrogens is 5. The summed E-state index contributed by atoms with van der Waals surface area (Å²) in [7, 11) is -1.76. The van der Waals surface area contributed by atoms with Crippen molar-refractivity contribution in [2.45, 2.75) is 30.9 Å². The molecule has 0 unspecified atom stereocenters. The fourth-order valence-corrected chi connectivity index (χ4v) is 6.04. The van der Waals surface area contributed by atoms with Crippen LogP contribution in [0.2, 0.25) is 0 Å². The summed E-state index contributed by atoms with van der Waals surface area (Å²) < 4.78 is 29.2. The molecular formula is C21H21BrN6O2S. The van der Waals surface area contributed by atoms with Crippen molar-refractivity contribution in [3.05, 3.63) is 53.2 Å². The lowest BCUT2D eigenvalue weighted by molar-refractivity contribution is 0.524. The molecule has 10 heteroatoms. The molecule has 160 valence electrons. The monoisotopic (exact) mass is 500 g/mol. The molecule has 0 amide bonds. The van der Waals surface area contributed by atoms with Gasteiger partial charge in [0.15, 0.2) is 5.65 Å².